The predicted octanol–water partition coefficient (Wildman–Crippen LogP) is 6.03. The molecule has 0 bridgehead atoms. The van der Waals surface area contributed by atoms with Crippen LogP contribution in [0.5, 0.6) is 0 Å². The number of halogens is 3. The van der Waals surface area contributed by atoms with Gasteiger partial charge in [0.2, 0.25) is 0 Å². The number of benzene rings is 3. The van der Waals surface area contributed by atoms with E-state index in [-0.39, 0.29) is 17.0 Å². The van der Waals surface area contributed by atoms with Gasteiger partial charge in [-0.15, -0.1) is 0 Å². The summed E-state index contributed by atoms with van der Waals surface area (Å²) >= 11 is 0. The molecule has 2 amide bonds. The number of alkyl halides is 3. The van der Waals surface area contributed by atoms with Gasteiger partial charge >= 0.3 is 6.18 Å². The number of amides is 2. The van der Waals surface area contributed by atoms with E-state index in [0.29, 0.717) is 11.3 Å². The van der Waals surface area contributed by atoms with Crippen LogP contribution < -0.4 is 10.2 Å². The van der Waals surface area contributed by atoms with E-state index < -0.39 is 23.6 Å². The second-order valence-electron chi connectivity index (χ2n) is 8.03. The minimum atomic E-state index is -4.54. The molecule has 33 heavy (non-hydrogen) atoms. The molecule has 168 valence electrons. The number of aryl methyl sites for hydroxylation is 3. The van der Waals surface area contributed by atoms with E-state index in [1.807, 2.05) is 26.8 Å². The van der Waals surface area contributed by atoms with Crippen molar-refractivity contribution in [3.05, 3.63) is 100 Å². The largest absolute Gasteiger partial charge is 0.416 e. The van der Waals surface area contributed by atoms with Crippen molar-refractivity contribution in [2.45, 2.75) is 26.9 Å². The molecule has 0 saturated carbocycles. The fraction of sp³-hybridized carbons (Fsp3) is 0.154. The van der Waals surface area contributed by atoms with E-state index in [4.69, 9.17) is 0 Å². The van der Waals surface area contributed by atoms with Gasteiger partial charge in [0.1, 0.15) is 5.70 Å². The third-order valence-electron chi connectivity index (χ3n) is 5.63. The second-order valence-corrected chi connectivity index (χ2v) is 8.03. The molecule has 0 fully saturated rings. The average molecular weight is 450 g/mol. The maximum Gasteiger partial charge on any atom is 0.416 e. The lowest BCUT2D eigenvalue weighted by atomic mass is 9.99. The highest BCUT2D eigenvalue weighted by molar-refractivity contribution is 6.46. The molecule has 4 nitrogen and oxygen atoms in total. The number of nitrogens with one attached hydrogen (secondary N) is 1. The molecule has 0 unspecified atom stereocenters. The molecule has 0 saturated heterocycles. The van der Waals surface area contributed by atoms with Crippen molar-refractivity contribution in [3.63, 3.8) is 0 Å². The van der Waals surface area contributed by atoms with E-state index in [1.165, 1.54) is 12.1 Å². The molecule has 1 heterocycles. The van der Waals surface area contributed by atoms with Crippen molar-refractivity contribution in [1.82, 2.24) is 0 Å². The second kappa shape index (κ2) is 8.24. The van der Waals surface area contributed by atoms with Crippen LogP contribution in [0.2, 0.25) is 0 Å². The lowest BCUT2D eigenvalue weighted by molar-refractivity contribution is -0.137. The standard InChI is InChI=1S/C26H21F3N2O2/c1-15-7-11-21(12-8-15)31-24(32)22(18-10-9-16(2)17(3)13-18)23(25(31)33)30-20-6-4-5-19(14-20)26(27,28)29/h4-14,30H,1-3H3. The molecule has 0 atom stereocenters. The van der Waals surface area contributed by atoms with Gasteiger partial charge in [-0.2, -0.15) is 13.2 Å². The zero-order chi connectivity index (χ0) is 23.9. The Labute approximate surface area is 189 Å². The Morgan fingerprint density at radius 3 is 2.12 bits per heavy atom. The SMILES string of the molecule is Cc1ccc(N2C(=O)C(Nc3cccc(C(F)(F)F)c3)=C(c3ccc(C)c(C)c3)C2=O)cc1. The van der Waals surface area contributed by atoms with Gasteiger partial charge in [0.05, 0.1) is 16.8 Å². The third kappa shape index (κ3) is 4.26. The summed E-state index contributed by atoms with van der Waals surface area (Å²) in [5.74, 6) is -1.17. The zero-order valence-corrected chi connectivity index (χ0v) is 18.2. The van der Waals surface area contributed by atoms with E-state index in [1.54, 1.807) is 36.4 Å². The number of anilines is 2. The minimum Gasteiger partial charge on any atom is -0.350 e. The van der Waals surface area contributed by atoms with Crippen LogP contribution in [0, 0.1) is 20.8 Å². The van der Waals surface area contributed by atoms with E-state index in [0.717, 1.165) is 33.7 Å². The smallest absolute Gasteiger partial charge is 0.350 e. The fourth-order valence-corrected chi connectivity index (χ4v) is 3.66. The van der Waals surface area contributed by atoms with Crippen molar-refractivity contribution in [1.29, 1.82) is 0 Å². The predicted molar refractivity (Wildman–Crippen MR) is 122 cm³/mol. The summed E-state index contributed by atoms with van der Waals surface area (Å²) in [5, 5.41) is 2.79. The van der Waals surface area contributed by atoms with Gasteiger partial charge < -0.3 is 5.32 Å². The topological polar surface area (TPSA) is 49.4 Å². The van der Waals surface area contributed by atoms with Crippen molar-refractivity contribution < 1.29 is 22.8 Å². The highest BCUT2D eigenvalue weighted by Gasteiger charge is 2.40. The summed E-state index contributed by atoms with van der Waals surface area (Å²) < 4.78 is 39.6. The molecule has 1 N–H and O–H groups in total. The van der Waals surface area contributed by atoms with Gasteiger partial charge in [0.25, 0.3) is 11.8 Å². The first-order valence-electron chi connectivity index (χ1n) is 10.3. The first kappa shape index (κ1) is 22.3. The highest BCUT2D eigenvalue weighted by atomic mass is 19.4. The molecule has 0 aromatic heterocycles. The molecule has 1 aliphatic heterocycles. The van der Waals surface area contributed by atoms with Crippen LogP contribution in [-0.4, -0.2) is 11.8 Å². The summed E-state index contributed by atoms with van der Waals surface area (Å²) in [6.45, 7) is 5.70. The number of carbonyl (C=O) groups excluding carboxylic acids is 2. The number of nitrogens with zero attached hydrogens (tertiary/aromatic N) is 1. The highest BCUT2D eigenvalue weighted by Crippen LogP contribution is 2.36. The first-order chi connectivity index (χ1) is 15.6. The summed E-state index contributed by atoms with van der Waals surface area (Å²) in [5.41, 5.74) is 3.05. The number of hydrogen-bond acceptors (Lipinski definition) is 3. The maximum atomic E-state index is 13.5. The summed E-state index contributed by atoms with van der Waals surface area (Å²) in [6, 6.07) is 16.8. The quantitative estimate of drug-likeness (QED) is 0.494. The molecule has 0 spiro atoms. The van der Waals surface area contributed by atoms with Crippen molar-refractivity contribution >= 4 is 28.8 Å². The normalized spacial score (nSPS) is 14.3. The Hall–Kier alpha value is -3.87. The Morgan fingerprint density at radius 2 is 1.48 bits per heavy atom. The first-order valence-corrected chi connectivity index (χ1v) is 10.3. The Balaban J connectivity index is 1.83. The molecule has 0 aliphatic carbocycles. The maximum absolute atomic E-state index is 13.5. The molecule has 3 aromatic rings. The monoisotopic (exact) mass is 450 g/mol. The summed E-state index contributed by atoms with van der Waals surface area (Å²) in [6.07, 6.45) is -4.54. The van der Waals surface area contributed by atoms with Crippen LogP contribution in [0.15, 0.2) is 72.4 Å². The Kier molecular flexibility index (Phi) is 5.57. The molecule has 4 rings (SSSR count). The van der Waals surface area contributed by atoms with Gasteiger partial charge in [-0.25, -0.2) is 4.90 Å². The Bertz CT molecular complexity index is 1290. The number of imide groups is 1. The van der Waals surface area contributed by atoms with E-state index in [9.17, 15) is 22.8 Å². The fourth-order valence-electron chi connectivity index (χ4n) is 3.66. The number of hydrogen-bond donors (Lipinski definition) is 1. The Morgan fingerprint density at radius 1 is 0.788 bits per heavy atom. The van der Waals surface area contributed by atoms with Crippen LogP contribution in [0.1, 0.15) is 27.8 Å². The van der Waals surface area contributed by atoms with Gasteiger partial charge in [-0.1, -0.05) is 42.0 Å². The minimum absolute atomic E-state index is 0.0630. The van der Waals surface area contributed by atoms with Gasteiger partial charge in [-0.3, -0.25) is 9.59 Å². The van der Waals surface area contributed by atoms with Crippen LogP contribution >= 0.6 is 0 Å². The summed E-state index contributed by atoms with van der Waals surface area (Å²) in [4.78, 5) is 27.9. The van der Waals surface area contributed by atoms with Gasteiger partial charge in [-0.05, 0) is 67.8 Å². The lowest BCUT2D eigenvalue weighted by Crippen LogP contribution is -2.32. The van der Waals surface area contributed by atoms with Gasteiger partial charge in [0.15, 0.2) is 0 Å². The average Bonchev–Trinajstić information content (AvgIpc) is 3.00. The van der Waals surface area contributed by atoms with Crippen LogP contribution in [0.25, 0.3) is 5.57 Å². The lowest BCUT2D eigenvalue weighted by Gasteiger charge is -2.16. The van der Waals surface area contributed by atoms with Crippen molar-refractivity contribution in [2.75, 3.05) is 10.2 Å². The zero-order valence-electron chi connectivity index (χ0n) is 18.2. The van der Waals surface area contributed by atoms with Crippen LogP contribution in [0.3, 0.4) is 0 Å². The van der Waals surface area contributed by atoms with Crippen molar-refractivity contribution in [2.24, 2.45) is 0 Å². The number of rotatable bonds is 4. The van der Waals surface area contributed by atoms with E-state index in [2.05, 4.69) is 5.32 Å². The third-order valence-corrected chi connectivity index (χ3v) is 5.63. The van der Waals surface area contributed by atoms with Crippen LogP contribution in [-0.2, 0) is 15.8 Å². The molecule has 7 heteroatoms. The van der Waals surface area contributed by atoms with Gasteiger partial charge in [0, 0.05) is 5.69 Å². The summed E-state index contributed by atoms with van der Waals surface area (Å²) in [7, 11) is 0. The number of carbonyl (C=O) groups is 2. The van der Waals surface area contributed by atoms with Crippen molar-refractivity contribution in [3.8, 4) is 0 Å². The molecular weight excluding hydrogens is 429 g/mol. The molecule has 3 aromatic carbocycles. The van der Waals surface area contributed by atoms with Crippen LogP contribution in [0.4, 0.5) is 24.5 Å². The molecular formula is C26H21F3N2O2. The molecule has 1 aliphatic rings. The molecule has 0 radical (unpaired) electrons. The van der Waals surface area contributed by atoms with E-state index >= 15 is 0 Å².